The SMILES string of the molecule is CCCCCN(C)CCCC(C)(NC)C(=O)OC. The van der Waals surface area contributed by atoms with Crippen molar-refractivity contribution in [2.45, 2.75) is 51.5 Å². The Hall–Kier alpha value is -0.610. The minimum Gasteiger partial charge on any atom is -0.468 e. The average molecular weight is 258 g/mol. The van der Waals surface area contributed by atoms with Crippen molar-refractivity contribution in [3.8, 4) is 0 Å². The van der Waals surface area contributed by atoms with Crippen LogP contribution in [-0.4, -0.2) is 50.7 Å². The van der Waals surface area contributed by atoms with E-state index < -0.39 is 5.54 Å². The van der Waals surface area contributed by atoms with Crippen LogP contribution in [0.1, 0.15) is 46.0 Å². The van der Waals surface area contributed by atoms with Crippen LogP contribution in [0.5, 0.6) is 0 Å². The van der Waals surface area contributed by atoms with E-state index in [1.54, 1.807) is 0 Å². The van der Waals surface area contributed by atoms with E-state index in [-0.39, 0.29) is 5.97 Å². The lowest BCUT2D eigenvalue weighted by Crippen LogP contribution is -2.48. The summed E-state index contributed by atoms with van der Waals surface area (Å²) in [5.74, 6) is -0.182. The molecule has 1 atom stereocenters. The third-order valence-corrected chi connectivity index (χ3v) is 3.55. The van der Waals surface area contributed by atoms with Crippen LogP contribution in [0.3, 0.4) is 0 Å². The van der Waals surface area contributed by atoms with Crippen LogP contribution in [-0.2, 0) is 9.53 Å². The average Bonchev–Trinajstić information content (AvgIpc) is 2.37. The molecule has 1 N–H and O–H groups in total. The Labute approximate surface area is 112 Å². The molecule has 0 aromatic carbocycles. The molecule has 0 saturated carbocycles. The number of hydrogen-bond acceptors (Lipinski definition) is 4. The molecular weight excluding hydrogens is 228 g/mol. The summed E-state index contributed by atoms with van der Waals surface area (Å²) >= 11 is 0. The van der Waals surface area contributed by atoms with Gasteiger partial charge >= 0.3 is 5.97 Å². The van der Waals surface area contributed by atoms with Gasteiger partial charge in [-0.25, -0.2) is 0 Å². The number of esters is 1. The van der Waals surface area contributed by atoms with Gasteiger partial charge in [0.15, 0.2) is 0 Å². The first-order valence-corrected chi connectivity index (χ1v) is 6.96. The van der Waals surface area contributed by atoms with E-state index in [0.29, 0.717) is 0 Å². The fourth-order valence-corrected chi connectivity index (χ4v) is 2.00. The van der Waals surface area contributed by atoms with E-state index in [1.165, 1.54) is 26.4 Å². The van der Waals surface area contributed by atoms with Gasteiger partial charge in [-0.15, -0.1) is 0 Å². The lowest BCUT2D eigenvalue weighted by Gasteiger charge is -2.27. The van der Waals surface area contributed by atoms with Crippen molar-refractivity contribution in [1.82, 2.24) is 10.2 Å². The van der Waals surface area contributed by atoms with Crippen molar-refractivity contribution >= 4 is 5.97 Å². The number of rotatable bonds is 10. The van der Waals surface area contributed by atoms with Crippen molar-refractivity contribution < 1.29 is 9.53 Å². The highest BCUT2D eigenvalue weighted by molar-refractivity contribution is 5.80. The molecule has 0 aliphatic carbocycles. The molecule has 0 radical (unpaired) electrons. The van der Waals surface area contributed by atoms with E-state index in [1.807, 2.05) is 14.0 Å². The number of carbonyl (C=O) groups excluding carboxylic acids is 1. The molecule has 0 aromatic heterocycles. The smallest absolute Gasteiger partial charge is 0.325 e. The zero-order chi connectivity index (χ0) is 14.0. The molecule has 0 fully saturated rings. The maximum atomic E-state index is 11.7. The van der Waals surface area contributed by atoms with Crippen LogP contribution in [0, 0.1) is 0 Å². The van der Waals surface area contributed by atoms with E-state index in [9.17, 15) is 4.79 Å². The molecule has 0 aromatic rings. The second kappa shape index (κ2) is 9.34. The molecule has 0 bridgehead atoms. The van der Waals surface area contributed by atoms with Crippen LogP contribution in [0.4, 0.5) is 0 Å². The van der Waals surface area contributed by atoms with Crippen LogP contribution >= 0.6 is 0 Å². The maximum Gasteiger partial charge on any atom is 0.325 e. The summed E-state index contributed by atoms with van der Waals surface area (Å²) < 4.78 is 4.83. The Morgan fingerprint density at radius 1 is 1.28 bits per heavy atom. The predicted molar refractivity (Wildman–Crippen MR) is 75.7 cm³/mol. The summed E-state index contributed by atoms with van der Waals surface area (Å²) in [6, 6.07) is 0. The van der Waals surface area contributed by atoms with Gasteiger partial charge < -0.3 is 15.0 Å². The number of likely N-dealkylation sites (N-methyl/N-ethyl adjacent to an activating group) is 1. The molecule has 4 nitrogen and oxygen atoms in total. The van der Waals surface area contributed by atoms with Gasteiger partial charge in [0.25, 0.3) is 0 Å². The Balaban J connectivity index is 3.89. The lowest BCUT2D eigenvalue weighted by molar-refractivity contribution is -0.148. The van der Waals surface area contributed by atoms with Gasteiger partial charge in [-0.2, -0.15) is 0 Å². The topological polar surface area (TPSA) is 41.6 Å². The van der Waals surface area contributed by atoms with E-state index in [4.69, 9.17) is 4.74 Å². The molecule has 4 heteroatoms. The Morgan fingerprint density at radius 3 is 2.39 bits per heavy atom. The molecule has 0 saturated heterocycles. The first kappa shape index (κ1) is 17.4. The van der Waals surface area contributed by atoms with Gasteiger partial charge in [-0.05, 0) is 53.4 Å². The molecule has 1 unspecified atom stereocenters. The van der Waals surface area contributed by atoms with Crippen LogP contribution in [0.2, 0.25) is 0 Å². The summed E-state index contributed by atoms with van der Waals surface area (Å²) in [6.07, 6.45) is 5.60. The molecular formula is C14H30N2O2. The summed E-state index contributed by atoms with van der Waals surface area (Å²) in [5.41, 5.74) is -0.557. The van der Waals surface area contributed by atoms with E-state index in [0.717, 1.165) is 25.9 Å². The normalized spacial score (nSPS) is 14.6. The maximum absolute atomic E-state index is 11.7. The van der Waals surface area contributed by atoms with Gasteiger partial charge in [0, 0.05) is 0 Å². The van der Waals surface area contributed by atoms with Gasteiger partial charge in [0.2, 0.25) is 0 Å². The van der Waals surface area contributed by atoms with Gasteiger partial charge in [0.05, 0.1) is 7.11 Å². The van der Waals surface area contributed by atoms with E-state index in [2.05, 4.69) is 24.2 Å². The van der Waals surface area contributed by atoms with Crippen LogP contribution in [0.15, 0.2) is 0 Å². The Morgan fingerprint density at radius 2 is 1.89 bits per heavy atom. The Kier molecular flexibility index (Phi) is 9.02. The predicted octanol–water partition coefficient (Wildman–Crippen LogP) is 2.04. The third kappa shape index (κ3) is 6.36. The Bertz CT molecular complexity index is 234. The first-order valence-electron chi connectivity index (χ1n) is 6.96. The quantitative estimate of drug-likeness (QED) is 0.481. The largest absolute Gasteiger partial charge is 0.468 e. The minimum atomic E-state index is -0.557. The summed E-state index contributed by atoms with van der Waals surface area (Å²) in [6.45, 7) is 6.28. The van der Waals surface area contributed by atoms with Gasteiger partial charge in [-0.1, -0.05) is 19.8 Å². The lowest BCUT2D eigenvalue weighted by atomic mass is 9.96. The van der Waals surface area contributed by atoms with Crippen LogP contribution in [0.25, 0.3) is 0 Å². The second-order valence-corrected chi connectivity index (χ2v) is 5.19. The minimum absolute atomic E-state index is 0.182. The zero-order valence-corrected chi connectivity index (χ0v) is 12.7. The number of nitrogens with zero attached hydrogens (tertiary/aromatic N) is 1. The number of nitrogens with one attached hydrogen (secondary N) is 1. The highest BCUT2D eigenvalue weighted by atomic mass is 16.5. The fraction of sp³-hybridized carbons (Fsp3) is 0.929. The van der Waals surface area contributed by atoms with Crippen molar-refractivity contribution in [2.75, 3.05) is 34.3 Å². The monoisotopic (exact) mass is 258 g/mol. The second-order valence-electron chi connectivity index (χ2n) is 5.19. The summed E-state index contributed by atoms with van der Waals surface area (Å²) in [5, 5.41) is 3.06. The standard InChI is InChI=1S/C14H30N2O2/c1-6-7-8-11-16(4)12-9-10-14(2,15-3)13(17)18-5/h15H,6-12H2,1-5H3. The van der Waals surface area contributed by atoms with Crippen molar-refractivity contribution in [3.63, 3.8) is 0 Å². The first-order chi connectivity index (χ1) is 8.50. The molecule has 0 heterocycles. The van der Waals surface area contributed by atoms with Crippen molar-refractivity contribution in [2.24, 2.45) is 0 Å². The molecule has 0 spiro atoms. The molecule has 108 valence electrons. The van der Waals surface area contributed by atoms with Crippen LogP contribution < -0.4 is 5.32 Å². The van der Waals surface area contributed by atoms with Gasteiger partial charge in [0.1, 0.15) is 5.54 Å². The highest BCUT2D eigenvalue weighted by Gasteiger charge is 2.31. The number of methoxy groups -OCH3 is 1. The van der Waals surface area contributed by atoms with E-state index >= 15 is 0 Å². The van der Waals surface area contributed by atoms with Gasteiger partial charge in [-0.3, -0.25) is 4.79 Å². The molecule has 0 aliphatic heterocycles. The molecule has 18 heavy (non-hydrogen) atoms. The molecule has 0 aliphatic rings. The fourth-order valence-electron chi connectivity index (χ4n) is 2.00. The van der Waals surface area contributed by atoms with Crippen molar-refractivity contribution in [1.29, 1.82) is 0 Å². The number of carbonyl (C=O) groups is 1. The van der Waals surface area contributed by atoms with Crippen molar-refractivity contribution in [3.05, 3.63) is 0 Å². The third-order valence-electron chi connectivity index (χ3n) is 3.55. The summed E-state index contributed by atoms with van der Waals surface area (Å²) in [7, 11) is 5.39. The molecule has 0 rings (SSSR count). The number of hydrogen-bond donors (Lipinski definition) is 1. The molecule has 0 amide bonds. The summed E-state index contributed by atoms with van der Waals surface area (Å²) in [4.78, 5) is 14.0. The number of ether oxygens (including phenoxy) is 1. The highest BCUT2D eigenvalue weighted by Crippen LogP contribution is 2.14. The number of unbranched alkanes of at least 4 members (excludes halogenated alkanes) is 2. The zero-order valence-electron chi connectivity index (χ0n) is 12.7.